The molecule has 0 bridgehead atoms. The van der Waals surface area contributed by atoms with Gasteiger partial charge in [0.15, 0.2) is 27.3 Å². The first-order valence-corrected chi connectivity index (χ1v) is 12.7. The second-order valence-electron chi connectivity index (χ2n) is 8.59. The van der Waals surface area contributed by atoms with Gasteiger partial charge in [-0.3, -0.25) is 0 Å². The Bertz CT molecular complexity index is 782. The Kier molecular flexibility index (Phi) is 8.86. The molecule has 1 saturated carbocycles. The highest BCUT2D eigenvalue weighted by Crippen LogP contribution is 2.37. The fourth-order valence-electron chi connectivity index (χ4n) is 4.15. The average Bonchev–Trinajstić information content (AvgIpc) is 2.60. The van der Waals surface area contributed by atoms with Gasteiger partial charge < -0.3 is 5.32 Å². The van der Waals surface area contributed by atoms with Crippen LogP contribution in [0.2, 0.25) is 0 Å². The molecule has 166 valence electrons. The van der Waals surface area contributed by atoms with E-state index in [1.54, 1.807) is 13.8 Å². The summed E-state index contributed by atoms with van der Waals surface area (Å²) in [6.07, 6.45) is 12.3. The average molecular weight is 434 g/mol. The van der Waals surface area contributed by atoms with Crippen molar-refractivity contribution in [3.05, 3.63) is 23.0 Å². The largest absolute Gasteiger partial charge is 0.379 e. The third-order valence-electron chi connectivity index (χ3n) is 5.71. The lowest BCUT2D eigenvalue weighted by molar-refractivity contribution is 0.448. The first-order chi connectivity index (χ1) is 13.6. The number of hydrogen-bond donors (Lipinski definition) is 1. The van der Waals surface area contributed by atoms with Crippen LogP contribution < -0.4 is 5.32 Å². The van der Waals surface area contributed by atoms with E-state index in [2.05, 4.69) is 5.32 Å². The molecule has 1 fully saturated rings. The van der Waals surface area contributed by atoms with Gasteiger partial charge in [-0.15, -0.1) is 0 Å². The summed E-state index contributed by atoms with van der Waals surface area (Å²) in [5, 5.41) is 2.98. The Hall–Kier alpha value is -1.24. The molecule has 1 aromatic rings. The second-order valence-corrected chi connectivity index (χ2v) is 10.5. The Morgan fingerprint density at radius 1 is 0.793 bits per heavy atom. The Morgan fingerprint density at radius 3 is 1.66 bits per heavy atom. The number of nitrogens with one attached hydrogen (secondary N) is 1. The van der Waals surface area contributed by atoms with Crippen molar-refractivity contribution in [1.82, 2.24) is 0 Å². The van der Waals surface area contributed by atoms with Gasteiger partial charge in [0.25, 0.3) is 0 Å². The molecule has 1 aliphatic carbocycles. The van der Waals surface area contributed by atoms with Crippen molar-refractivity contribution in [3.8, 4) is 0 Å². The maximum Gasteiger partial charge on any atom is 0.180 e. The molecular formula is C22H34F3NO2S. The molecule has 0 aromatic heterocycles. The summed E-state index contributed by atoms with van der Waals surface area (Å²) < 4.78 is 68.8. The van der Waals surface area contributed by atoms with Gasteiger partial charge >= 0.3 is 0 Å². The van der Waals surface area contributed by atoms with Crippen LogP contribution in [0.3, 0.4) is 0 Å². The highest BCUT2D eigenvalue weighted by atomic mass is 32.2. The van der Waals surface area contributed by atoms with Crippen LogP contribution in [0.1, 0.15) is 96.0 Å². The third kappa shape index (κ3) is 6.37. The van der Waals surface area contributed by atoms with Crippen molar-refractivity contribution >= 4 is 15.5 Å². The molecule has 1 aromatic carbocycles. The maximum atomic E-state index is 15.2. The topological polar surface area (TPSA) is 46.2 Å². The Labute approximate surface area is 173 Å². The molecule has 0 saturated heterocycles. The molecule has 1 aliphatic rings. The number of halogens is 3. The van der Waals surface area contributed by atoms with E-state index in [0.29, 0.717) is 0 Å². The highest BCUT2D eigenvalue weighted by Gasteiger charge is 2.32. The SMILES string of the molecule is CC(C)c1c(F)c(F)c(S(C)(=O)=O)c(NC2CCCCCCCCCCC2)c1F. The van der Waals surface area contributed by atoms with Crippen LogP contribution in [0.4, 0.5) is 18.9 Å². The summed E-state index contributed by atoms with van der Waals surface area (Å²) in [6, 6.07) is -0.172. The number of rotatable bonds is 4. The standard InChI is InChI=1S/C22H34F3NO2S/c1-15(2)17-18(23)20(25)22(29(3,27)28)21(19(17)24)26-16-13-11-9-7-5-4-6-8-10-12-14-16/h15-16,26H,4-14H2,1-3H3. The number of hydrogen-bond acceptors (Lipinski definition) is 3. The molecule has 0 atom stereocenters. The van der Waals surface area contributed by atoms with Crippen molar-refractivity contribution in [2.24, 2.45) is 0 Å². The van der Waals surface area contributed by atoms with Gasteiger partial charge in [-0.05, 0) is 18.8 Å². The summed E-state index contributed by atoms with van der Waals surface area (Å²) in [5.74, 6) is -4.52. The van der Waals surface area contributed by atoms with Crippen molar-refractivity contribution < 1.29 is 21.6 Å². The normalized spacial score (nSPS) is 18.3. The van der Waals surface area contributed by atoms with Gasteiger partial charge in [-0.2, -0.15) is 0 Å². The van der Waals surface area contributed by atoms with Gasteiger partial charge in [0.1, 0.15) is 4.90 Å². The molecule has 1 N–H and O–H groups in total. The molecule has 0 heterocycles. The zero-order chi connectivity index (χ0) is 21.6. The molecule has 0 unspecified atom stereocenters. The van der Waals surface area contributed by atoms with Gasteiger partial charge in [0, 0.05) is 17.9 Å². The van der Waals surface area contributed by atoms with E-state index in [9.17, 15) is 17.2 Å². The minimum atomic E-state index is -4.16. The van der Waals surface area contributed by atoms with E-state index in [0.717, 1.165) is 57.6 Å². The highest BCUT2D eigenvalue weighted by molar-refractivity contribution is 7.90. The van der Waals surface area contributed by atoms with Crippen molar-refractivity contribution in [2.45, 2.75) is 101 Å². The van der Waals surface area contributed by atoms with Crippen LogP contribution in [-0.4, -0.2) is 20.7 Å². The first-order valence-electron chi connectivity index (χ1n) is 10.8. The maximum absolute atomic E-state index is 15.2. The van der Waals surface area contributed by atoms with Gasteiger partial charge in [0.05, 0.1) is 5.69 Å². The zero-order valence-corrected chi connectivity index (χ0v) is 18.6. The lowest BCUT2D eigenvalue weighted by Gasteiger charge is -2.24. The van der Waals surface area contributed by atoms with E-state index in [1.165, 1.54) is 19.3 Å². The summed E-state index contributed by atoms with van der Waals surface area (Å²) in [6.45, 7) is 3.11. The minimum absolute atomic E-state index is 0.172. The summed E-state index contributed by atoms with van der Waals surface area (Å²) >= 11 is 0. The summed E-state index contributed by atoms with van der Waals surface area (Å²) in [5.41, 5.74) is -0.822. The molecule has 7 heteroatoms. The molecule has 2 rings (SSSR count). The van der Waals surface area contributed by atoms with Crippen molar-refractivity contribution in [3.63, 3.8) is 0 Å². The van der Waals surface area contributed by atoms with Crippen LogP contribution in [0.15, 0.2) is 4.90 Å². The van der Waals surface area contributed by atoms with Crippen LogP contribution in [0.25, 0.3) is 0 Å². The molecular weight excluding hydrogens is 399 g/mol. The number of sulfone groups is 1. The molecule has 0 aliphatic heterocycles. The van der Waals surface area contributed by atoms with Crippen LogP contribution >= 0.6 is 0 Å². The quantitative estimate of drug-likeness (QED) is 0.536. The Balaban J connectivity index is 2.42. The van der Waals surface area contributed by atoms with Crippen molar-refractivity contribution in [2.75, 3.05) is 11.6 Å². The predicted molar refractivity (Wildman–Crippen MR) is 112 cm³/mol. The molecule has 0 radical (unpaired) electrons. The zero-order valence-electron chi connectivity index (χ0n) is 17.8. The van der Waals surface area contributed by atoms with E-state index in [4.69, 9.17) is 0 Å². The minimum Gasteiger partial charge on any atom is -0.379 e. The second kappa shape index (κ2) is 10.7. The smallest absolute Gasteiger partial charge is 0.180 e. The molecule has 3 nitrogen and oxygen atoms in total. The van der Waals surface area contributed by atoms with E-state index in [1.807, 2.05) is 0 Å². The van der Waals surface area contributed by atoms with Crippen LogP contribution in [0.5, 0.6) is 0 Å². The monoisotopic (exact) mass is 433 g/mol. The fraction of sp³-hybridized carbons (Fsp3) is 0.727. The lowest BCUT2D eigenvalue weighted by Crippen LogP contribution is -2.24. The Morgan fingerprint density at radius 2 is 1.24 bits per heavy atom. The number of benzene rings is 1. The van der Waals surface area contributed by atoms with Crippen LogP contribution in [-0.2, 0) is 9.84 Å². The van der Waals surface area contributed by atoms with Gasteiger partial charge in [-0.1, -0.05) is 71.6 Å². The number of anilines is 1. The van der Waals surface area contributed by atoms with Gasteiger partial charge in [-0.25, -0.2) is 21.6 Å². The summed E-state index contributed by atoms with van der Waals surface area (Å²) in [4.78, 5) is -0.900. The lowest BCUT2D eigenvalue weighted by atomic mass is 9.96. The van der Waals surface area contributed by atoms with Crippen molar-refractivity contribution in [1.29, 1.82) is 0 Å². The molecule has 0 amide bonds. The third-order valence-corrected chi connectivity index (χ3v) is 6.84. The van der Waals surface area contributed by atoms with Crippen LogP contribution in [0, 0.1) is 17.5 Å². The summed E-state index contributed by atoms with van der Waals surface area (Å²) in [7, 11) is -4.16. The molecule has 0 spiro atoms. The molecule has 29 heavy (non-hydrogen) atoms. The van der Waals surface area contributed by atoms with E-state index < -0.39 is 49.4 Å². The van der Waals surface area contributed by atoms with Gasteiger partial charge in [0.2, 0.25) is 0 Å². The first kappa shape index (κ1) is 24.0. The van der Waals surface area contributed by atoms with E-state index in [-0.39, 0.29) is 6.04 Å². The van der Waals surface area contributed by atoms with E-state index >= 15 is 4.39 Å². The predicted octanol–water partition coefficient (Wildman–Crippen LogP) is 6.72. The fourth-order valence-corrected chi connectivity index (χ4v) is 5.09.